The number of nitrogens with zero attached hydrogens (tertiary/aromatic N) is 1. The Morgan fingerprint density at radius 2 is 2.00 bits per heavy atom. The van der Waals surface area contributed by atoms with Gasteiger partial charge >= 0.3 is 12.0 Å². The minimum absolute atomic E-state index is 0.00287. The molecule has 3 atom stereocenters. The molecule has 0 bridgehead atoms. The lowest BCUT2D eigenvalue weighted by atomic mass is 10.2. The number of nitrogens with one attached hydrogen (secondary N) is 2. The zero-order valence-electron chi connectivity index (χ0n) is 10.2. The number of carboxylic acids is 1. The summed E-state index contributed by atoms with van der Waals surface area (Å²) >= 11 is 0. The molecule has 1 rings (SSSR count). The highest BCUT2D eigenvalue weighted by Gasteiger charge is 2.39. The number of carboxylic acid groups (broad SMARTS) is 1. The minimum atomic E-state index is -1.17. The highest BCUT2D eigenvalue weighted by molar-refractivity contribution is 5.88. The molecule has 0 aromatic carbocycles. The quantitative estimate of drug-likeness (QED) is 0.484. The van der Waals surface area contributed by atoms with Crippen LogP contribution in [0.2, 0.25) is 0 Å². The van der Waals surface area contributed by atoms with Gasteiger partial charge in [-0.15, -0.1) is 0 Å². The van der Waals surface area contributed by atoms with Crippen molar-refractivity contribution in [2.75, 3.05) is 13.6 Å². The van der Waals surface area contributed by atoms with Gasteiger partial charge in [0.05, 0.1) is 6.10 Å². The summed E-state index contributed by atoms with van der Waals surface area (Å²) < 4.78 is 0. The van der Waals surface area contributed by atoms with E-state index in [1.165, 1.54) is 14.0 Å². The second-order valence-electron chi connectivity index (χ2n) is 4.18. The van der Waals surface area contributed by atoms with Crippen LogP contribution in [0, 0.1) is 0 Å². The molecule has 0 saturated carbocycles. The number of β-amino-alcohol motifs (C(OH)–C–C–N with tert-alkyl or cyclic N) is 1. The average molecular weight is 259 g/mol. The maximum atomic E-state index is 11.8. The van der Waals surface area contributed by atoms with E-state index in [0.717, 1.165) is 4.90 Å². The number of likely N-dealkylation sites (tertiary alicyclic amines) is 1. The molecule has 0 aliphatic carbocycles. The number of aliphatic carboxylic acids is 1. The van der Waals surface area contributed by atoms with Crippen LogP contribution < -0.4 is 10.6 Å². The Morgan fingerprint density at radius 1 is 1.39 bits per heavy atom. The first-order valence-corrected chi connectivity index (χ1v) is 5.56. The summed E-state index contributed by atoms with van der Waals surface area (Å²) in [5, 5.41) is 23.1. The number of rotatable bonds is 3. The number of urea groups is 1. The second kappa shape index (κ2) is 5.67. The van der Waals surface area contributed by atoms with E-state index >= 15 is 0 Å². The summed E-state index contributed by atoms with van der Waals surface area (Å²) in [6.07, 6.45) is -0.857. The molecular formula is C10H17N3O5. The minimum Gasteiger partial charge on any atom is -0.480 e. The Bertz CT molecular complexity index is 359. The summed E-state index contributed by atoms with van der Waals surface area (Å²) in [5.74, 6) is -1.55. The van der Waals surface area contributed by atoms with Gasteiger partial charge in [0, 0.05) is 20.0 Å². The number of likely N-dealkylation sites (N-methyl/N-ethyl adjacent to an activating group) is 1. The first-order chi connectivity index (χ1) is 8.36. The molecule has 3 amide bonds. The van der Waals surface area contributed by atoms with E-state index in [1.54, 1.807) is 0 Å². The Labute approximate surface area is 104 Å². The first kappa shape index (κ1) is 14.2. The molecule has 1 saturated heterocycles. The van der Waals surface area contributed by atoms with Gasteiger partial charge in [0.2, 0.25) is 5.91 Å². The van der Waals surface area contributed by atoms with Crippen LogP contribution in [-0.2, 0) is 9.59 Å². The average Bonchev–Trinajstić information content (AvgIpc) is 2.70. The Morgan fingerprint density at radius 3 is 2.50 bits per heavy atom. The summed E-state index contributed by atoms with van der Waals surface area (Å²) in [4.78, 5) is 35.0. The third-order valence-electron chi connectivity index (χ3n) is 2.80. The number of hydrogen-bond acceptors (Lipinski definition) is 4. The lowest BCUT2D eigenvalue weighted by Gasteiger charge is -2.23. The van der Waals surface area contributed by atoms with Gasteiger partial charge in [-0.25, -0.2) is 9.59 Å². The largest absolute Gasteiger partial charge is 0.480 e. The van der Waals surface area contributed by atoms with Crippen molar-refractivity contribution in [3.05, 3.63) is 0 Å². The van der Waals surface area contributed by atoms with E-state index in [0.29, 0.717) is 0 Å². The van der Waals surface area contributed by atoms with Crippen LogP contribution in [0.5, 0.6) is 0 Å². The van der Waals surface area contributed by atoms with Crippen molar-refractivity contribution < 1.29 is 24.6 Å². The monoisotopic (exact) mass is 259 g/mol. The number of carbonyl (C=O) groups excluding carboxylic acids is 2. The van der Waals surface area contributed by atoms with Crippen LogP contribution in [0.4, 0.5) is 4.79 Å². The van der Waals surface area contributed by atoms with Gasteiger partial charge in [-0.2, -0.15) is 0 Å². The normalized spacial score (nSPS) is 24.5. The summed E-state index contributed by atoms with van der Waals surface area (Å²) in [5.41, 5.74) is 0. The molecule has 18 heavy (non-hydrogen) atoms. The van der Waals surface area contributed by atoms with Crippen LogP contribution in [0.3, 0.4) is 0 Å². The molecule has 0 radical (unpaired) electrons. The van der Waals surface area contributed by atoms with Crippen molar-refractivity contribution in [1.29, 1.82) is 0 Å². The molecule has 0 aromatic rings. The molecule has 102 valence electrons. The third kappa shape index (κ3) is 3.10. The fourth-order valence-corrected chi connectivity index (χ4v) is 1.82. The zero-order valence-corrected chi connectivity index (χ0v) is 10.2. The lowest BCUT2D eigenvalue weighted by Crippen LogP contribution is -2.52. The van der Waals surface area contributed by atoms with Crippen LogP contribution >= 0.6 is 0 Å². The van der Waals surface area contributed by atoms with Crippen molar-refractivity contribution in [3.63, 3.8) is 0 Å². The second-order valence-corrected chi connectivity index (χ2v) is 4.18. The zero-order chi connectivity index (χ0) is 13.9. The molecule has 1 aliphatic rings. The molecule has 0 aromatic heterocycles. The van der Waals surface area contributed by atoms with Crippen LogP contribution in [0.25, 0.3) is 0 Å². The van der Waals surface area contributed by atoms with E-state index in [1.807, 2.05) is 0 Å². The number of hydrogen-bond donors (Lipinski definition) is 4. The molecule has 8 heteroatoms. The van der Waals surface area contributed by atoms with Crippen molar-refractivity contribution in [2.45, 2.75) is 31.5 Å². The molecule has 8 nitrogen and oxygen atoms in total. The van der Waals surface area contributed by atoms with Crippen molar-refractivity contribution in [2.24, 2.45) is 0 Å². The molecule has 1 aliphatic heterocycles. The summed E-state index contributed by atoms with van der Waals surface area (Å²) in [7, 11) is 1.44. The molecule has 0 spiro atoms. The SMILES string of the molecule is CNC(=O)C(C)NC(=O)N1C[C@H](O)C[C@@H]1C(=O)O. The summed E-state index contributed by atoms with van der Waals surface area (Å²) in [6.45, 7) is 1.43. The maximum Gasteiger partial charge on any atom is 0.326 e. The number of aliphatic hydroxyl groups is 1. The lowest BCUT2D eigenvalue weighted by molar-refractivity contribution is -0.141. The van der Waals surface area contributed by atoms with Gasteiger partial charge in [-0.1, -0.05) is 0 Å². The van der Waals surface area contributed by atoms with Gasteiger partial charge in [-0.3, -0.25) is 4.79 Å². The van der Waals surface area contributed by atoms with Gasteiger partial charge in [0.1, 0.15) is 12.1 Å². The van der Waals surface area contributed by atoms with Gasteiger partial charge in [0.25, 0.3) is 0 Å². The Kier molecular flexibility index (Phi) is 4.49. The van der Waals surface area contributed by atoms with Crippen LogP contribution in [-0.4, -0.2) is 64.8 Å². The van der Waals surface area contributed by atoms with E-state index in [2.05, 4.69) is 10.6 Å². The smallest absolute Gasteiger partial charge is 0.326 e. The Balaban J connectivity index is 2.65. The highest BCUT2D eigenvalue weighted by atomic mass is 16.4. The number of aliphatic hydroxyl groups excluding tert-OH is 1. The molecular weight excluding hydrogens is 242 g/mol. The van der Waals surface area contributed by atoms with E-state index in [4.69, 9.17) is 5.11 Å². The fraction of sp³-hybridized carbons (Fsp3) is 0.700. The molecule has 1 fully saturated rings. The van der Waals surface area contributed by atoms with E-state index < -0.39 is 30.2 Å². The molecule has 1 heterocycles. The number of carbonyl (C=O) groups is 3. The predicted molar refractivity (Wildman–Crippen MR) is 60.8 cm³/mol. The van der Waals surface area contributed by atoms with Crippen molar-refractivity contribution >= 4 is 17.9 Å². The van der Waals surface area contributed by atoms with E-state index in [9.17, 15) is 19.5 Å². The summed E-state index contributed by atoms with van der Waals surface area (Å²) in [6, 6.07) is -2.50. The third-order valence-corrected chi connectivity index (χ3v) is 2.80. The topological polar surface area (TPSA) is 119 Å². The predicted octanol–water partition coefficient (Wildman–Crippen LogP) is -1.65. The fourth-order valence-electron chi connectivity index (χ4n) is 1.82. The van der Waals surface area contributed by atoms with Gasteiger partial charge in [0.15, 0.2) is 0 Å². The van der Waals surface area contributed by atoms with Gasteiger partial charge in [-0.05, 0) is 6.92 Å². The van der Waals surface area contributed by atoms with Crippen LogP contribution in [0.1, 0.15) is 13.3 Å². The maximum absolute atomic E-state index is 11.8. The van der Waals surface area contributed by atoms with Crippen LogP contribution in [0.15, 0.2) is 0 Å². The van der Waals surface area contributed by atoms with Crippen molar-refractivity contribution in [3.8, 4) is 0 Å². The molecule has 4 N–H and O–H groups in total. The first-order valence-electron chi connectivity index (χ1n) is 5.56. The molecule has 1 unspecified atom stereocenters. The standard InChI is InChI=1S/C10H17N3O5/c1-5(8(15)11-2)12-10(18)13-4-6(14)3-7(13)9(16)17/h5-7,14H,3-4H2,1-2H3,(H,11,15)(H,12,18)(H,16,17)/t5?,6-,7-/m1/s1. The highest BCUT2D eigenvalue weighted by Crippen LogP contribution is 2.18. The number of amides is 3. The Hall–Kier alpha value is -1.83. The van der Waals surface area contributed by atoms with Crippen molar-refractivity contribution in [1.82, 2.24) is 15.5 Å². The van der Waals surface area contributed by atoms with Gasteiger partial charge < -0.3 is 25.7 Å². The van der Waals surface area contributed by atoms with E-state index in [-0.39, 0.29) is 18.9 Å².